The Kier molecular flexibility index (Phi) is 8.25. The maximum absolute atomic E-state index is 14.8. The molecule has 1 aliphatic carbocycles. The third-order valence-corrected chi connectivity index (χ3v) is 9.42. The van der Waals surface area contributed by atoms with E-state index in [1.54, 1.807) is 12.1 Å². The number of carbonyl (C=O) groups is 2. The van der Waals surface area contributed by atoms with Gasteiger partial charge < -0.3 is 5.32 Å². The number of halogens is 4. The highest BCUT2D eigenvalue weighted by atomic mass is 35.5. The smallest absolute Gasteiger partial charge is 0.252 e. The van der Waals surface area contributed by atoms with Gasteiger partial charge in [-0.3, -0.25) is 14.5 Å². The van der Waals surface area contributed by atoms with Gasteiger partial charge in [0.2, 0.25) is 15.9 Å². The predicted octanol–water partition coefficient (Wildman–Crippen LogP) is 4.21. The number of nitrogens with zero attached hydrogens (tertiary/aromatic N) is 5. The van der Waals surface area contributed by atoms with Crippen LogP contribution < -0.4 is 14.5 Å². The molecule has 3 aromatic rings. The van der Waals surface area contributed by atoms with Crippen molar-refractivity contribution in [3.8, 4) is 12.1 Å². The van der Waals surface area contributed by atoms with Crippen molar-refractivity contribution in [1.29, 1.82) is 10.5 Å². The van der Waals surface area contributed by atoms with Crippen LogP contribution >= 0.6 is 11.6 Å². The van der Waals surface area contributed by atoms with Gasteiger partial charge in [0.25, 0.3) is 11.8 Å². The number of aromatic nitrogens is 1. The number of benzene rings is 2. The molecule has 2 heterocycles. The van der Waals surface area contributed by atoms with Crippen molar-refractivity contribution in [3.05, 3.63) is 88.3 Å². The largest absolute Gasteiger partial charge is 0.351 e. The van der Waals surface area contributed by atoms with Gasteiger partial charge >= 0.3 is 0 Å². The summed E-state index contributed by atoms with van der Waals surface area (Å²) in [4.78, 5) is 33.3. The van der Waals surface area contributed by atoms with E-state index in [0.29, 0.717) is 0 Å². The molecule has 2 amide bonds. The Labute approximate surface area is 255 Å². The summed E-state index contributed by atoms with van der Waals surface area (Å²) in [6, 6.07) is 10.8. The highest BCUT2D eigenvalue weighted by Gasteiger charge is 2.49. The first-order valence-electron chi connectivity index (χ1n) is 13.2. The summed E-state index contributed by atoms with van der Waals surface area (Å²) >= 11 is 6.47. The first-order valence-corrected chi connectivity index (χ1v) is 15.2. The van der Waals surface area contributed by atoms with Crippen LogP contribution in [-0.4, -0.2) is 49.0 Å². The third-order valence-electron chi connectivity index (χ3n) is 7.29. The molecular weight excluding hydrogens is 621 g/mol. The molecule has 1 saturated carbocycles. The summed E-state index contributed by atoms with van der Waals surface area (Å²) in [7, 11) is -4.16. The van der Waals surface area contributed by atoms with Crippen molar-refractivity contribution in [2.24, 2.45) is 0 Å². The van der Waals surface area contributed by atoms with Crippen LogP contribution in [-0.2, 0) is 19.6 Å². The number of hydrogen-bond acceptors (Lipinski definition) is 7. The minimum absolute atomic E-state index is 0.000543. The van der Waals surface area contributed by atoms with E-state index in [0.717, 1.165) is 27.4 Å². The molecule has 2 aromatic carbocycles. The number of anilines is 2. The fraction of sp³-hybridized carbons (Fsp3) is 0.276. The number of pyridine rings is 1. The number of alkyl halides is 2. The predicted molar refractivity (Wildman–Crippen MR) is 153 cm³/mol. The van der Waals surface area contributed by atoms with Crippen LogP contribution in [0, 0.1) is 28.5 Å². The van der Waals surface area contributed by atoms with Gasteiger partial charge in [0.05, 0.1) is 29.0 Å². The van der Waals surface area contributed by atoms with Crippen LogP contribution in [0.25, 0.3) is 0 Å². The SMILES string of the molecule is N#Cc1cc(F)cc(N(C(=O)C2CCS(=O)(=O)N2c2cc(C#N)ccn2)[C@@H](C(=O)NC2CC(F)(F)C2)c2ccccc2Cl)c1. The number of amides is 2. The molecule has 226 valence electrons. The lowest BCUT2D eigenvalue weighted by molar-refractivity contribution is -0.133. The average molecular weight is 643 g/mol. The van der Waals surface area contributed by atoms with Crippen LogP contribution in [0.3, 0.4) is 0 Å². The standard InChI is InChI=1S/C29H22ClF3N6O4S/c30-23-4-2-1-3-22(23)26(27(40)37-20-13-29(32,33)14-20)38(21-10-18(16-35)9-19(31)12-21)28(41)24-6-8-44(42,43)39(24)25-11-17(15-34)5-7-36-25/h1-5,7,9-12,20,24,26H,6,8,13-14H2,(H,37,40)/t24?,26-/m1/s1. The second-order valence-electron chi connectivity index (χ2n) is 10.3. The molecule has 0 spiro atoms. The minimum Gasteiger partial charge on any atom is -0.351 e. The molecule has 1 saturated heterocycles. The van der Waals surface area contributed by atoms with Gasteiger partial charge in [-0.1, -0.05) is 29.8 Å². The van der Waals surface area contributed by atoms with Crippen LogP contribution in [0.15, 0.2) is 60.8 Å². The van der Waals surface area contributed by atoms with E-state index in [-0.39, 0.29) is 39.6 Å². The van der Waals surface area contributed by atoms with Gasteiger partial charge in [0, 0.05) is 41.4 Å². The number of nitrogens with one attached hydrogen (secondary N) is 1. The molecule has 2 atom stereocenters. The summed E-state index contributed by atoms with van der Waals surface area (Å²) in [6.07, 6.45) is -0.366. The molecule has 15 heteroatoms. The maximum atomic E-state index is 14.8. The summed E-state index contributed by atoms with van der Waals surface area (Å²) < 4.78 is 69.3. The lowest BCUT2D eigenvalue weighted by atomic mass is 9.87. The number of hydrogen-bond donors (Lipinski definition) is 1. The molecule has 1 N–H and O–H groups in total. The van der Waals surface area contributed by atoms with Gasteiger partial charge in [0.15, 0.2) is 0 Å². The molecule has 5 rings (SSSR count). The van der Waals surface area contributed by atoms with Crippen LogP contribution in [0.5, 0.6) is 0 Å². The van der Waals surface area contributed by atoms with Crippen molar-refractivity contribution in [2.75, 3.05) is 15.0 Å². The molecule has 0 radical (unpaired) electrons. The first kappa shape index (κ1) is 30.8. The summed E-state index contributed by atoms with van der Waals surface area (Å²) in [5.74, 6) is -6.60. The number of carbonyl (C=O) groups excluding carboxylic acids is 2. The highest BCUT2D eigenvalue weighted by molar-refractivity contribution is 7.93. The number of sulfonamides is 1. The van der Waals surface area contributed by atoms with Gasteiger partial charge in [-0.2, -0.15) is 10.5 Å². The van der Waals surface area contributed by atoms with Gasteiger partial charge in [-0.15, -0.1) is 0 Å². The summed E-state index contributed by atoms with van der Waals surface area (Å²) in [5, 5.41) is 21.4. The number of nitriles is 2. The zero-order valence-corrected chi connectivity index (χ0v) is 24.2. The van der Waals surface area contributed by atoms with E-state index in [2.05, 4.69) is 10.3 Å². The van der Waals surface area contributed by atoms with Crippen molar-refractivity contribution in [1.82, 2.24) is 10.3 Å². The molecule has 2 aliphatic rings. The monoisotopic (exact) mass is 642 g/mol. The van der Waals surface area contributed by atoms with E-state index in [1.807, 2.05) is 6.07 Å². The average Bonchev–Trinajstić information content (AvgIpc) is 3.29. The third kappa shape index (κ3) is 6.04. The lowest BCUT2D eigenvalue weighted by Gasteiger charge is -2.39. The summed E-state index contributed by atoms with van der Waals surface area (Å²) in [5.41, 5.74) is -0.400. The molecule has 2 fully saturated rings. The molecule has 0 bridgehead atoms. The molecule has 1 aliphatic heterocycles. The zero-order valence-electron chi connectivity index (χ0n) is 22.6. The minimum atomic E-state index is -4.16. The van der Waals surface area contributed by atoms with E-state index < -0.39 is 70.3 Å². The Morgan fingerprint density at radius 3 is 2.45 bits per heavy atom. The van der Waals surface area contributed by atoms with Crippen LogP contribution in [0.4, 0.5) is 24.7 Å². The normalized spacial score (nSPS) is 19.2. The van der Waals surface area contributed by atoms with Gasteiger partial charge in [0.1, 0.15) is 23.7 Å². The fourth-order valence-corrected chi connectivity index (χ4v) is 7.21. The van der Waals surface area contributed by atoms with Gasteiger partial charge in [-0.25, -0.2) is 30.9 Å². The molecular formula is C29H22ClF3N6O4S. The van der Waals surface area contributed by atoms with E-state index in [9.17, 15) is 41.7 Å². The summed E-state index contributed by atoms with van der Waals surface area (Å²) in [6.45, 7) is 0. The maximum Gasteiger partial charge on any atom is 0.252 e. The lowest BCUT2D eigenvalue weighted by Crippen LogP contribution is -2.56. The molecule has 10 nitrogen and oxygen atoms in total. The zero-order chi connectivity index (χ0) is 31.8. The van der Waals surface area contributed by atoms with Crippen molar-refractivity contribution in [3.63, 3.8) is 0 Å². The molecule has 1 unspecified atom stereocenters. The van der Waals surface area contributed by atoms with E-state index in [4.69, 9.17) is 11.6 Å². The fourth-order valence-electron chi connectivity index (χ4n) is 5.28. The van der Waals surface area contributed by atoms with E-state index >= 15 is 0 Å². The van der Waals surface area contributed by atoms with Crippen LogP contribution in [0.1, 0.15) is 42.0 Å². The first-order chi connectivity index (χ1) is 20.8. The van der Waals surface area contributed by atoms with Crippen molar-refractivity contribution < 1.29 is 31.2 Å². The van der Waals surface area contributed by atoms with E-state index in [1.165, 1.54) is 36.5 Å². The van der Waals surface area contributed by atoms with Gasteiger partial charge in [-0.05, 0) is 42.8 Å². The Hall–Kier alpha value is -4.66. The quantitative estimate of drug-likeness (QED) is 0.406. The Bertz CT molecular complexity index is 1840. The number of rotatable bonds is 7. The second-order valence-corrected chi connectivity index (χ2v) is 12.7. The highest BCUT2D eigenvalue weighted by Crippen LogP contribution is 2.40. The molecule has 44 heavy (non-hydrogen) atoms. The van der Waals surface area contributed by atoms with Crippen molar-refractivity contribution in [2.45, 2.75) is 43.3 Å². The Morgan fingerprint density at radius 2 is 1.80 bits per heavy atom. The topological polar surface area (TPSA) is 147 Å². The molecule has 1 aromatic heterocycles. The van der Waals surface area contributed by atoms with Crippen molar-refractivity contribution >= 4 is 44.9 Å². The van der Waals surface area contributed by atoms with Crippen LogP contribution in [0.2, 0.25) is 5.02 Å². The Balaban J connectivity index is 1.68. The Morgan fingerprint density at radius 1 is 1.09 bits per heavy atom. The second kappa shape index (κ2) is 11.8.